The van der Waals surface area contributed by atoms with E-state index in [-0.39, 0.29) is 35.6 Å². The number of allylic oxidation sites excluding steroid dienone is 2. The summed E-state index contributed by atoms with van der Waals surface area (Å²) in [5.74, 6) is -2.38. The van der Waals surface area contributed by atoms with Crippen LogP contribution in [-0.2, 0) is 4.74 Å². The lowest BCUT2D eigenvalue weighted by atomic mass is 9.44. The largest absolute Gasteiger partial charge is 0.444 e. The Hall–Kier alpha value is -3.87. The van der Waals surface area contributed by atoms with E-state index in [1.807, 2.05) is 13.8 Å². The molecule has 0 aliphatic heterocycles. The van der Waals surface area contributed by atoms with Crippen molar-refractivity contribution in [2.45, 2.75) is 59.5 Å². The Morgan fingerprint density at radius 3 is 1.93 bits per heavy atom. The summed E-state index contributed by atoms with van der Waals surface area (Å²) in [5.41, 5.74) is -0.000269. The molecule has 6 atom stereocenters. The van der Waals surface area contributed by atoms with E-state index in [1.54, 1.807) is 69.3 Å². The normalized spacial score (nSPS) is 31.6. The quantitative estimate of drug-likeness (QED) is 0.438. The van der Waals surface area contributed by atoms with Gasteiger partial charge in [0.05, 0.1) is 0 Å². The number of ketones is 4. The number of Topliss-reactive ketones (excluding diaryl/α,β-unsaturated/α-hetero) is 4. The second-order valence-corrected chi connectivity index (χ2v) is 13.8. The first kappa shape index (κ1) is 28.3. The Morgan fingerprint density at radius 1 is 0.833 bits per heavy atom. The van der Waals surface area contributed by atoms with Crippen molar-refractivity contribution in [3.8, 4) is 0 Å². The second kappa shape index (κ2) is 9.58. The van der Waals surface area contributed by atoms with Crippen LogP contribution in [0.4, 0.5) is 4.79 Å². The summed E-state index contributed by atoms with van der Waals surface area (Å²) in [6, 6.07) is 13.9. The molecule has 7 nitrogen and oxygen atoms in total. The number of benzene rings is 2. The van der Waals surface area contributed by atoms with E-state index < -0.39 is 40.3 Å². The molecule has 0 aromatic heterocycles. The van der Waals surface area contributed by atoms with Crippen molar-refractivity contribution in [3.05, 3.63) is 82.4 Å². The van der Waals surface area contributed by atoms with Crippen LogP contribution in [0.5, 0.6) is 0 Å². The lowest BCUT2D eigenvalue weighted by Crippen LogP contribution is -2.59. The van der Waals surface area contributed by atoms with E-state index in [4.69, 9.17) is 4.74 Å². The molecule has 2 aromatic rings. The highest BCUT2D eigenvalue weighted by Gasteiger charge is 2.64. The molecule has 42 heavy (non-hydrogen) atoms. The van der Waals surface area contributed by atoms with E-state index in [0.717, 1.165) is 5.57 Å². The molecule has 0 radical (unpaired) electrons. The van der Waals surface area contributed by atoms with Gasteiger partial charge in [0, 0.05) is 51.5 Å². The van der Waals surface area contributed by atoms with Crippen molar-refractivity contribution in [1.82, 2.24) is 5.32 Å². The fraction of sp³-hybridized carbons (Fsp3) is 0.457. The molecule has 0 heterocycles. The van der Waals surface area contributed by atoms with Gasteiger partial charge in [-0.3, -0.25) is 19.2 Å². The van der Waals surface area contributed by atoms with Crippen LogP contribution in [0, 0.1) is 34.5 Å². The maximum atomic E-state index is 14.2. The number of rotatable bonds is 3. The van der Waals surface area contributed by atoms with Gasteiger partial charge in [-0.25, -0.2) is 4.79 Å². The smallest absolute Gasteiger partial charge is 0.407 e. The number of hydrogen-bond donors (Lipinski definition) is 1. The molecule has 0 saturated heterocycles. The number of fused-ring (bicyclic) bond motifs is 6. The van der Waals surface area contributed by atoms with Crippen LogP contribution in [0.3, 0.4) is 0 Å². The lowest BCUT2D eigenvalue weighted by Gasteiger charge is -2.57. The Bertz CT molecular complexity index is 1580. The Kier molecular flexibility index (Phi) is 6.45. The van der Waals surface area contributed by atoms with Crippen molar-refractivity contribution >= 4 is 29.2 Å². The molecule has 4 aliphatic rings. The first-order valence-corrected chi connectivity index (χ1v) is 14.8. The average Bonchev–Trinajstić information content (AvgIpc) is 2.93. The number of ether oxygens (including phenoxy) is 1. The van der Waals surface area contributed by atoms with Crippen molar-refractivity contribution in [3.63, 3.8) is 0 Å². The monoisotopic (exact) mass is 567 g/mol. The summed E-state index contributed by atoms with van der Waals surface area (Å²) < 4.78 is 5.42. The summed E-state index contributed by atoms with van der Waals surface area (Å²) >= 11 is 0. The fourth-order valence-corrected chi connectivity index (χ4v) is 8.26. The van der Waals surface area contributed by atoms with Crippen molar-refractivity contribution in [1.29, 1.82) is 0 Å². The maximum Gasteiger partial charge on any atom is 0.407 e. The van der Waals surface area contributed by atoms with Crippen LogP contribution in [-0.4, -0.2) is 41.4 Å². The Labute approximate surface area is 246 Å². The molecule has 1 amide bonds. The van der Waals surface area contributed by atoms with Crippen molar-refractivity contribution in [2.75, 3.05) is 6.54 Å². The molecule has 1 N–H and O–H groups in total. The van der Waals surface area contributed by atoms with E-state index in [2.05, 4.69) is 11.4 Å². The van der Waals surface area contributed by atoms with Gasteiger partial charge in [-0.05, 0) is 51.9 Å². The average molecular weight is 568 g/mol. The van der Waals surface area contributed by atoms with Gasteiger partial charge in [0.2, 0.25) is 0 Å². The number of nitrogens with one attached hydrogen (secondary N) is 1. The summed E-state index contributed by atoms with van der Waals surface area (Å²) in [7, 11) is 0. The third-order valence-electron chi connectivity index (χ3n) is 10.0. The molecule has 0 spiro atoms. The SMILES string of the molecule is CC(C)(C)OC(=O)NCC[C@H]1C2=CC[C@]3(C)C(=O)c4ccccc4C(=O)[C@@H]3[C@@H]2C[C@@]2(C)C(=O)c3ccccc3C(=O)[C@@H]12. The van der Waals surface area contributed by atoms with Gasteiger partial charge >= 0.3 is 6.09 Å². The molecule has 1 fully saturated rings. The third-order valence-corrected chi connectivity index (χ3v) is 10.0. The van der Waals surface area contributed by atoms with E-state index in [1.165, 1.54) is 0 Å². The zero-order chi connectivity index (χ0) is 30.2. The van der Waals surface area contributed by atoms with Gasteiger partial charge in [0.25, 0.3) is 0 Å². The van der Waals surface area contributed by atoms with Crippen LogP contribution < -0.4 is 5.32 Å². The molecule has 0 bridgehead atoms. The molecule has 7 heteroatoms. The van der Waals surface area contributed by atoms with E-state index >= 15 is 0 Å². The first-order valence-electron chi connectivity index (χ1n) is 14.8. The molecular weight excluding hydrogens is 530 g/mol. The minimum Gasteiger partial charge on any atom is -0.444 e. The molecule has 0 unspecified atom stereocenters. The summed E-state index contributed by atoms with van der Waals surface area (Å²) in [6.45, 7) is 9.33. The van der Waals surface area contributed by atoms with Crippen LogP contribution in [0.15, 0.2) is 60.2 Å². The Balaban J connectivity index is 1.44. The summed E-state index contributed by atoms with van der Waals surface area (Å²) in [5, 5.41) is 2.82. The van der Waals surface area contributed by atoms with Crippen LogP contribution in [0.2, 0.25) is 0 Å². The second-order valence-electron chi connectivity index (χ2n) is 13.8. The van der Waals surface area contributed by atoms with Gasteiger partial charge in [-0.2, -0.15) is 0 Å². The number of carbonyl (C=O) groups excluding carboxylic acids is 5. The zero-order valence-electron chi connectivity index (χ0n) is 24.8. The van der Waals surface area contributed by atoms with Gasteiger partial charge in [-0.15, -0.1) is 0 Å². The number of hydrogen-bond acceptors (Lipinski definition) is 6. The lowest BCUT2D eigenvalue weighted by molar-refractivity contribution is 0.00887. The fourth-order valence-electron chi connectivity index (χ4n) is 8.26. The highest BCUT2D eigenvalue weighted by atomic mass is 16.6. The van der Waals surface area contributed by atoms with E-state index in [9.17, 15) is 24.0 Å². The van der Waals surface area contributed by atoms with Crippen LogP contribution in [0.25, 0.3) is 0 Å². The van der Waals surface area contributed by atoms with Gasteiger partial charge in [-0.1, -0.05) is 74.0 Å². The third kappa shape index (κ3) is 4.11. The molecule has 218 valence electrons. The van der Waals surface area contributed by atoms with Gasteiger partial charge in [0.15, 0.2) is 23.1 Å². The number of carbonyl (C=O) groups is 5. The standard InChI is InChI=1S/C35H37NO6/c1-33(2,3)42-32(41)36-17-15-20-19-14-16-34(4)27(29(38)21-10-6-8-12-23(21)30(34)39)25(19)18-35(5)26(20)28(37)22-11-7-9-13-24(22)31(35)40/h6-14,20,25-27H,15-18H2,1-5H3,(H,36,41)/t20-,25+,26+,27-,34-,35+/m0/s1. The molecule has 4 aliphatic carbocycles. The summed E-state index contributed by atoms with van der Waals surface area (Å²) in [4.78, 5) is 69.0. The van der Waals surface area contributed by atoms with Crippen molar-refractivity contribution in [2.24, 2.45) is 34.5 Å². The van der Waals surface area contributed by atoms with E-state index in [0.29, 0.717) is 41.5 Å². The number of alkyl carbamates (subject to hydrolysis) is 1. The molecule has 1 saturated carbocycles. The minimum absolute atomic E-state index is 0.0511. The highest BCUT2D eigenvalue weighted by molar-refractivity contribution is 6.19. The Morgan fingerprint density at radius 2 is 1.36 bits per heavy atom. The topological polar surface area (TPSA) is 107 Å². The highest BCUT2D eigenvalue weighted by Crippen LogP contribution is 2.62. The van der Waals surface area contributed by atoms with Gasteiger partial charge in [0.1, 0.15) is 5.60 Å². The maximum absolute atomic E-state index is 14.2. The first-order chi connectivity index (χ1) is 19.8. The predicted octanol–water partition coefficient (Wildman–Crippen LogP) is 6.27. The van der Waals surface area contributed by atoms with Gasteiger partial charge < -0.3 is 10.1 Å². The molecule has 2 aromatic carbocycles. The summed E-state index contributed by atoms with van der Waals surface area (Å²) in [6.07, 6.45) is 2.57. The van der Waals surface area contributed by atoms with Crippen LogP contribution >= 0.6 is 0 Å². The number of amides is 1. The molecule has 6 rings (SSSR count). The zero-order valence-corrected chi connectivity index (χ0v) is 24.8. The van der Waals surface area contributed by atoms with Crippen LogP contribution in [0.1, 0.15) is 95.3 Å². The predicted molar refractivity (Wildman–Crippen MR) is 157 cm³/mol. The van der Waals surface area contributed by atoms with Crippen molar-refractivity contribution < 1.29 is 28.7 Å². The molecular formula is C35H37NO6. The minimum atomic E-state index is -1.07.